The molecular formula is C13H18O4. The van der Waals surface area contributed by atoms with Crippen molar-refractivity contribution in [1.29, 1.82) is 0 Å². The molecule has 1 aromatic carbocycles. The molecule has 94 valence electrons. The number of hydrogen-bond acceptors (Lipinski definition) is 4. The van der Waals surface area contributed by atoms with Crippen molar-refractivity contribution in [2.75, 3.05) is 20.8 Å². The van der Waals surface area contributed by atoms with Gasteiger partial charge in [0.25, 0.3) is 0 Å². The van der Waals surface area contributed by atoms with Gasteiger partial charge < -0.3 is 14.2 Å². The average Bonchev–Trinajstić information content (AvgIpc) is 2.34. The average molecular weight is 238 g/mol. The van der Waals surface area contributed by atoms with E-state index in [4.69, 9.17) is 14.2 Å². The Bertz CT molecular complexity index is 385. The summed E-state index contributed by atoms with van der Waals surface area (Å²) < 4.78 is 15.3. The lowest BCUT2D eigenvalue weighted by Gasteiger charge is -2.11. The van der Waals surface area contributed by atoms with E-state index in [1.54, 1.807) is 25.3 Å². The van der Waals surface area contributed by atoms with Crippen molar-refractivity contribution in [3.63, 3.8) is 0 Å². The fraction of sp³-hybridized carbons (Fsp3) is 0.462. The molecule has 0 saturated heterocycles. The summed E-state index contributed by atoms with van der Waals surface area (Å²) in [6, 6.07) is 5.03. The van der Waals surface area contributed by atoms with Crippen LogP contribution in [-0.2, 0) is 4.74 Å². The van der Waals surface area contributed by atoms with Gasteiger partial charge in [-0.2, -0.15) is 0 Å². The standard InChI is InChI=1S/C13H18O4/c1-9(2)8-17-13(14)11-7-10(15-3)5-6-12(11)16-4/h5-7,9H,8H2,1-4H3. The molecule has 1 rings (SSSR count). The highest BCUT2D eigenvalue weighted by molar-refractivity contribution is 5.93. The molecule has 0 unspecified atom stereocenters. The number of benzene rings is 1. The van der Waals surface area contributed by atoms with Crippen molar-refractivity contribution in [2.45, 2.75) is 13.8 Å². The van der Waals surface area contributed by atoms with Gasteiger partial charge >= 0.3 is 5.97 Å². The summed E-state index contributed by atoms with van der Waals surface area (Å²) in [7, 11) is 3.06. The zero-order valence-electron chi connectivity index (χ0n) is 10.6. The van der Waals surface area contributed by atoms with Crippen LogP contribution in [0.2, 0.25) is 0 Å². The van der Waals surface area contributed by atoms with Crippen molar-refractivity contribution in [1.82, 2.24) is 0 Å². The molecule has 0 bridgehead atoms. The molecule has 0 fully saturated rings. The minimum atomic E-state index is -0.394. The molecule has 0 spiro atoms. The normalized spacial score (nSPS) is 10.2. The summed E-state index contributed by atoms with van der Waals surface area (Å²) in [5, 5.41) is 0. The molecule has 4 heteroatoms. The first kappa shape index (κ1) is 13.4. The minimum Gasteiger partial charge on any atom is -0.497 e. The van der Waals surface area contributed by atoms with Crippen LogP contribution in [0.1, 0.15) is 24.2 Å². The lowest BCUT2D eigenvalue weighted by molar-refractivity contribution is 0.0455. The van der Waals surface area contributed by atoms with Gasteiger partial charge in [0.05, 0.1) is 20.8 Å². The van der Waals surface area contributed by atoms with Crippen LogP contribution in [0, 0.1) is 5.92 Å². The second-order valence-electron chi connectivity index (χ2n) is 4.06. The van der Waals surface area contributed by atoms with Crippen LogP contribution < -0.4 is 9.47 Å². The quantitative estimate of drug-likeness (QED) is 0.739. The van der Waals surface area contributed by atoms with E-state index in [-0.39, 0.29) is 0 Å². The van der Waals surface area contributed by atoms with Gasteiger partial charge in [-0.3, -0.25) is 0 Å². The lowest BCUT2D eigenvalue weighted by Crippen LogP contribution is -2.11. The predicted octanol–water partition coefficient (Wildman–Crippen LogP) is 2.52. The van der Waals surface area contributed by atoms with Crippen LogP contribution in [0.5, 0.6) is 11.5 Å². The third kappa shape index (κ3) is 3.66. The van der Waals surface area contributed by atoms with Crippen LogP contribution in [0.15, 0.2) is 18.2 Å². The van der Waals surface area contributed by atoms with E-state index in [1.807, 2.05) is 13.8 Å². The monoisotopic (exact) mass is 238 g/mol. The van der Waals surface area contributed by atoms with Crippen molar-refractivity contribution in [3.05, 3.63) is 23.8 Å². The third-order valence-corrected chi connectivity index (χ3v) is 2.17. The van der Waals surface area contributed by atoms with E-state index in [0.717, 1.165) is 0 Å². The molecule has 0 heterocycles. The van der Waals surface area contributed by atoms with Gasteiger partial charge in [-0.05, 0) is 24.1 Å². The molecule has 0 N–H and O–H groups in total. The third-order valence-electron chi connectivity index (χ3n) is 2.17. The van der Waals surface area contributed by atoms with E-state index in [2.05, 4.69) is 0 Å². The second kappa shape index (κ2) is 6.13. The van der Waals surface area contributed by atoms with Crippen LogP contribution in [-0.4, -0.2) is 26.8 Å². The fourth-order valence-electron chi connectivity index (χ4n) is 1.29. The van der Waals surface area contributed by atoms with E-state index < -0.39 is 5.97 Å². The molecule has 0 aliphatic heterocycles. The maximum absolute atomic E-state index is 11.8. The number of carbonyl (C=O) groups excluding carboxylic acids is 1. The number of hydrogen-bond donors (Lipinski definition) is 0. The molecule has 0 aromatic heterocycles. The Morgan fingerprint density at radius 3 is 2.47 bits per heavy atom. The molecule has 0 amide bonds. The van der Waals surface area contributed by atoms with Crippen molar-refractivity contribution < 1.29 is 19.0 Å². The molecule has 0 saturated carbocycles. The highest BCUT2D eigenvalue weighted by atomic mass is 16.5. The first-order valence-corrected chi connectivity index (χ1v) is 5.47. The van der Waals surface area contributed by atoms with E-state index >= 15 is 0 Å². The molecule has 0 aliphatic rings. The molecular weight excluding hydrogens is 220 g/mol. The Labute approximate surface area is 101 Å². The maximum atomic E-state index is 11.8. The topological polar surface area (TPSA) is 44.8 Å². The van der Waals surface area contributed by atoms with Gasteiger partial charge in [-0.25, -0.2) is 4.79 Å². The smallest absolute Gasteiger partial charge is 0.342 e. The maximum Gasteiger partial charge on any atom is 0.342 e. The summed E-state index contributed by atoms with van der Waals surface area (Å²) in [4.78, 5) is 11.8. The Kier molecular flexibility index (Phi) is 4.82. The fourth-order valence-corrected chi connectivity index (χ4v) is 1.29. The Morgan fingerprint density at radius 2 is 1.94 bits per heavy atom. The number of methoxy groups -OCH3 is 2. The molecule has 17 heavy (non-hydrogen) atoms. The first-order chi connectivity index (χ1) is 8.08. The van der Waals surface area contributed by atoms with Gasteiger partial charge in [0.15, 0.2) is 0 Å². The number of rotatable bonds is 5. The predicted molar refractivity (Wildman–Crippen MR) is 64.7 cm³/mol. The first-order valence-electron chi connectivity index (χ1n) is 5.47. The minimum absolute atomic E-state index is 0.301. The molecule has 1 aromatic rings. The van der Waals surface area contributed by atoms with Crippen molar-refractivity contribution in [3.8, 4) is 11.5 Å². The van der Waals surface area contributed by atoms with Gasteiger partial charge in [0.2, 0.25) is 0 Å². The molecule has 0 aliphatic carbocycles. The van der Waals surface area contributed by atoms with Gasteiger partial charge in [-0.1, -0.05) is 13.8 Å². The van der Waals surface area contributed by atoms with Crippen molar-refractivity contribution >= 4 is 5.97 Å². The van der Waals surface area contributed by atoms with Crippen LogP contribution in [0.4, 0.5) is 0 Å². The highest BCUT2D eigenvalue weighted by Gasteiger charge is 2.15. The summed E-state index contributed by atoms with van der Waals surface area (Å²) in [6.45, 7) is 4.35. The van der Waals surface area contributed by atoms with Gasteiger partial charge in [0, 0.05) is 0 Å². The Morgan fingerprint density at radius 1 is 1.24 bits per heavy atom. The van der Waals surface area contributed by atoms with E-state index in [1.165, 1.54) is 7.11 Å². The summed E-state index contributed by atoms with van der Waals surface area (Å²) in [5.41, 5.74) is 0.382. The lowest BCUT2D eigenvalue weighted by atomic mass is 10.2. The van der Waals surface area contributed by atoms with E-state index in [9.17, 15) is 4.79 Å². The summed E-state index contributed by atoms with van der Waals surface area (Å²) >= 11 is 0. The van der Waals surface area contributed by atoms with Crippen LogP contribution in [0.25, 0.3) is 0 Å². The molecule has 0 radical (unpaired) electrons. The number of ether oxygens (including phenoxy) is 3. The van der Waals surface area contributed by atoms with E-state index in [0.29, 0.717) is 29.6 Å². The van der Waals surface area contributed by atoms with Crippen LogP contribution in [0.3, 0.4) is 0 Å². The SMILES string of the molecule is COc1ccc(OC)c(C(=O)OCC(C)C)c1. The zero-order valence-corrected chi connectivity index (χ0v) is 10.6. The second-order valence-corrected chi connectivity index (χ2v) is 4.06. The molecule has 0 atom stereocenters. The zero-order chi connectivity index (χ0) is 12.8. The largest absolute Gasteiger partial charge is 0.497 e. The number of carbonyl (C=O) groups is 1. The van der Waals surface area contributed by atoms with Crippen LogP contribution >= 0.6 is 0 Å². The summed E-state index contributed by atoms with van der Waals surface area (Å²) in [5.74, 6) is 0.992. The highest BCUT2D eigenvalue weighted by Crippen LogP contribution is 2.24. The summed E-state index contributed by atoms with van der Waals surface area (Å²) in [6.07, 6.45) is 0. The van der Waals surface area contributed by atoms with Gasteiger partial charge in [-0.15, -0.1) is 0 Å². The number of esters is 1. The Hall–Kier alpha value is -1.71. The Balaban J connectivity index is 2.89. The molecule has 4 nitrogen and oxygen atoms in total. The van der Waals surface area contributed by atoms with Gasteiger partial charge in [0.1, 0.15) is 17.1 Å². The van der Waals surface area contributed by atoms with Crippen molar-refractivity contribution in [2.24, 2.45) is 5.92 Å².